The van der Waals surface area contributed by atoms with Crippen molar-refractivity contribution >= 4 is 17.7 Å². The van der Waals surface area contributed by atoms with Crippen LogP contribution in [0.2, 0.25) is 0 Å². The highest BCUT2D eigenvalue weighted by molar-refractivity contribution is 6.07. The van der Waals surface area contributed by atoms with Crippen molar-refractivity contribution in [2.75, 3.05) is 20.3 Å². The minimum Gasteiger partial charge on any atom is -0.464 e. The van der Waals surface area contributed by atoms with Crippen LogP contribution in [0.5, 0.6) is 0 Å². The maximum Gasteiger partial charge on any atom is 0.354 e. The second-order valence-corrected chi connectivity index (χ2v) is 8.31. The van der Waals surface area contributed by atoms with Gasteiger partial charge in [-0.15, -0.1) is 0 Å². The molecular formula is C25H31FN2O5. The zero-order valence-electron chi connectivity index (χ0n) is 19.8. The average Bonchev–Trinajstić information content (AvgIpc) is 3.41. The Balaban J connectivity index is 2.00. The van der Waals surface area contributed by atoms with Gasteiger partial charge >= 0.3 is 5.97 Å². The largest absolute Gasteiger partial charge is 0.464 e. The van der Waals surface area contributed by atoms with Crippen LogP contribution in [0.1, 0.15) is 69.2 Å². The number of Topliss-reactive ketones (excluding diaryl/α,β-unsaturated/α-hetero) is 1. The summed E-state index contributed by atoms with van der Waals surface area (Å²) >= 11 is 0. The molecule has 2 heterocycles. The molecule has 1 saturated heterocycles. The molecule has 0 bridgehead atoms. The van der Waals surface area contributed by atoms with E-state index in [1.165, 1.54) is 36.3 Å². The number of ether oxygens (including phenoxy) is 2. The number of esters is 1. The number of rotatable bonds is 8. The van der Waals surface area contributed by atoms with E-state index in [-0.39, 0.29) is 24.3 Å². The maximum absolute atomic E-state index is 13.7. The zero-order valence-corrected chi connectivity index (χ0v) is 19.8. The molecule has 2 aromatic rings. The van der Waals surface area contributed by atoms with Crippen molar-refractivity contribution in [2.24, 2.45) is 0 Å². The molecule has 7 nitrogen and oxygen atoms in total. The van der Waals surface area contributed by atoms with Crippen LogP contribution in [-0.4, -0.2) is 59.5 Å². The second kappa shape index (κ2) is 10.3. The van der Waals surface area contributed by atoms with Crippen LogP contribution < -0.4 is 0 Å². The third-order valence-corrected chi connectivity index (χ3v) is 6.33. The summed E-state index contributed by atoms with van der Waals surface area (Å²) in [5.41, 5.74) is 2.23. The summed E-state index contributed by atoms with van der Waals surface area (Å²) in [7, 11) is 1.30. The summed E-state index contributed by atoms with van der Waals surface area (Å²) in [6.07, 6.45) is 1.52. The van der Waals surface area contributed by atoms with Crippen molar-refractivity contribution < 1.29 is 28.2 Å². The van der Waals surface area contributed by atoms with E-state index in [1.807, 2.05) is 6.92 Å². The Kier molecular flexibility index (Phi) is 7.68. The lowest BCUT2D eigenvalue weighted by atomic mass is 9.98. The van der Waals surface area contributed by atoms with Gasteiger partial charge in [-0.25, -0.2) is 9.18 Å². The summed E-state index contributed by atoms with van der Waals surface area (Å²) in [6, 6.07) is 4.46. The number of aromatic nitrogens is 1. The van der Waals surface area contributed by atoms with Gasteiger partial charge in [0.2, 0.25) is 0 Å². The number of amides is 1. The van der Waals surface area contributed by atoms with Gasteiger partial charge in [-0.2, -0.15) is 0 Å². The van der Waals surface area contributed by atoms with Crippen molar-refractivity contribution in [1.29, 1.82) is 0 Å². The molecule has 33 heavy (non-hydrogen) atoms. The lowest BCUT2D eigenvalue weighted by Crippen LogP contribution is -2.47. The highest BCUT2D eigenvalue weighted by Crippen LogP contribution is 2.27. The number of benzene rings is 1. The van der Waals surface area contributed by atoms with Crippen LogP contribution in [0.25, 0.3) is 0 Å². The van der Waals surface area contributed by atoms with Crippen LogP contribution in [0.4, 0.5) is 4.39 Å². The molecule has 1 amide bonds. The molecule has 2 unspecified atom stereocenters. The first-order valence-electron chi connectivity index (χ1n) is 11.2. The van der Waals surface area contributed by atoms with Crippen molar-refractivity contribution in [2.45, 2.75) is 59.2 Å². The first-order valence-corrected chi connectivity index (χ1v) is 11.2. The van der Waals surface area contributed by atoms with Crippen LogP contribution in [0.15, 0.2) is 24.3 Å². The second-order valence-electron chi connectivity index (χ2n) is 8.31. The van der Waals surface area contributed by atoms with Crippen molar-refractivity contribution in [3.05, 3.63) is 58.2 Å². The average molecular weight is 459 g/mol. The number of methoxy groups -OCH3 is 1. The fourth-order valence-electron chi connectivity index (χ4n) is 4.55. The molecule has 1 aromatic carbocycles. The minimum absolute atomic E-state index is 0.169. The monoisotopic (exact) mass is 458 g/mol. The summed E-state index contributed by atoms with van der Waals surface area (Å²) in [6.45, 7) is 8.43. The van der Waals surface area contributed by atoms with Crippen LogP contribution >= 0.6 is 0 Å². The summed E-state index contributed by atoms with van der Waals surface area (Å²) in [5, 5.41) is 0. The molecular weight excluding hydrogens is 427 g/mol. The van der Waals surface area contributed by atoms with Crippen LogP contribution in [0, 0.1) is 19.7 Å². The smallest absolute Gasteiger partial charge is 0.354 e. The number of hydrogen-bond donors (Lipinski definition) is 0. The maximum atomic E-state index is 13.7. The normalized spacial score (nSPS) is 16.5. The lowest BCUT2D eigenvalue weighted by molar-refractivity contribution is 0.0410. The van der Waals surface area contributed by atoms with E-state index in [2.05, 4.69) is 0 Å². The van der Waals surface area contributed by atoms with E-state index < -0.39 is 17.8 Å². The van der Waals surface area contributed by atoms with Gasteiger partial charge in [0, 0.05) is 36.5 Å². The summed E-state index contributed by atoms with van der Waals surface area (Å²) in [4.78, 5) is 41.0. The minimum atomic E-state index is -0.817. The first-order chi connectivity index (χ1) is 15.7. The molecule has 3 rings (SSSR count). The summed E-state index contributed by atoms with van der Waals surface area (Å²) in [5.74, 6) is -1.59. The van der Waals surface area contributed by atoms with E-state index in [1.54, 1.807) is 25.3 Å². The number of halogens is 1. The van der Waals surface area contributed by atoms with Gasteiger partial charge in [0.05, 0.1) is 19.3 Å². The first kappa shape index (κ1) is 24.6. The van der Waals surface area contributed by atoms with Gasteiger partial charge in [-0.05, 0) is 70.4 Å². The molecule has 1 aliphatic heterocycles. The Labute approximate surface area is 193 Å². The molecule has 0 N–H and O–H groups in total. The Morgan fingerprint density at radius 1 is 1.24 bits per heavy atom. The third kappa shape index (κ3) is 4.85. The van der Waals surface area contributed by atoms with Gasteiger partial charge in [0.15, 0.2) is 5.78 Å². The fraction of sp³-hybridized carbons (Fsp3) is 0.480. The molecule has 1 aliphatic rings. The van der Waals surface area contributed by atoms with Crippen molar-refractivity contribution in [3.63, 3.8) is 0 Å². The Hall–Kier alpha value is -3.00. The molecule has 0 radical (unpaired) electrons. The quantitative estimate of drug-likeness (QED) is 0.442. The van der Waals surface area contributed by atoms with Crippen LogP contribution in [-0.2, 0) is 16.0 Å². The van der Waals surface area contributed by atoms with E-state index in [9.17, 15) is 18.8 Å². The molecule has 1 fully saturated rings. The molecule has 2 atom stereocenters. The number of hydrogen-bond acceptors (Lipinski definition) is 5. The Bertz CT molecular complexity index is 1040. The fourth-order valence-corrected chi connectivity index (χ4v) is 4.55. The Morgan fingerprint density at radius 3 is 2.45 bits per heavy atom. The molecule has 178 valence electrons. The zero-order chi connectivity index (χ0) is 24.3. The predicted molar refractivity (Wildman–Crippen MR) is 121 cm³/mol. The Morgan fingerprint density at radius 2 is 1.91 bits per heavy atom. The molecule has 0 saturated carbocycles. The van der Waals surface area contributed by atoms with E-state index in [0.717, 1.165) is 12.8 Å². The lowest BCUT2D eigenvalue weighted by Gasteiger charge is -2.31. The van der Waals surface area contributed by atoms with Gasteiger partial charge < -0.3 is 18.9 Å². The molecule has 0 aliphatic carbocycles. The number of ketones is 1. The van der Waals surface area contributed by atoms with Crippen molar-refractivity contribution in [1.82, 2.24) is 9.47 Å². The topological polar surface area (TPSA) is 77.8 Å². The molecule has 1 aromatic heterocycles. The van der Waals surface area contributed by atoms with Gasteiger partial charge in [-0.3, -0.25) is 9.59 Å². The predicted octanol–water partition coefficient (Wildman–Crippen LogP) is 3.94. The third-order valence-electron chi connectivity index (χ3n) is 6.33. The van der Waals surface area contributed by atoms with Gasteiger partial charge in [0.1, 0.15) is 11.5 Å². The van der Waals surface area contributed by atoms with Crippen LogP contribution in [0.3, 0.4) is 0 Å². The van der Waals surface area contributed by atoms with E-state index in [0.29, 0.717) is 41.2 Å². The molecule has 8 heteroatoms. The molecule has 0 spiro atoms. The van der Waals surface area contributed by atoms with Gasteiger partial charge in [0.25, 0.3) is 5.91 Å². The number of carbonyl (C=O) groups is 3. The SMILES string of the molecule is CCn1c(C)c(C(=O)C(C)N(CC2CCCO2)C(=O)c2ccc(F)cc2)c(C)c1C(=O)OC. The number of carbonyl (C=O) groups excluding carboxylic acids is 3. The van der Waals surface area contributed by atoms with Gasteiger partial charge in [-0.1, -0.05) is 0 Å². The van der Waals surface area contributed by atoms with E-state index >= 15 is 0 Å². The van der Waals surface area contributed by atoms with E-state index in [4.69, 9.17) is 9.47 Å². The summed E-state index contributed by atoms with van der Waals surface area (Å²) < 4.78 is 25.8. The van der Waals surface area contributed by atoms with Crippen molar-refractivity contribution in [3.8, 4) is 0 Å². The highest BCUT2D eigenvalue weighted by Gasteiger charge is 2.35. The number of nitrogens with zero attached hydrogens (tertiary/aromatic N) is 2. The highest BCUT2D eigenvalue weighted by atomic mass is 19.1. The standard InChI is InChI=1S/C25H31FN2O5/c1-6-27-16(3)21(15(2)22(27)25(31)32-5)23(29)17(4)28(14-20-8-7-13-33-20)24(30)18-9-11-19(26)12-10-18/h9-12,17,20H,6-8,13-14H2,1-5H3.